The first kappa shape index (κ1) is 21.0. The van der Waals surface area contributed by atoms with Gasteiger partial charge < -0.3 is 10.2 Å². The van der Waals surface area contributed by atoms with Gasteiger partial charge in [-0.15, -0.1) is 0 Å². The Labute approximate surface area is 209 Å². The second-order valence-corrected chi connectivity index (χ2v) is 8.74. The number of aromatic nitrogens is 6. The molecule has 0 spiro atoms. The van der Waals surface area contributed by atoms with Crippen molar-refractivity contribution in [3.05, 3.63) is 102 Å². The van der Waals surface area contributed by atoms with Crippen molar-refractivity contribution in [2.75, 3.05) is 5.73 Å². The zero-order valence-corrected chi connectivity index (χ0v) is 19.4. The summed E-state index contributed by atoms with van der Waals surface area (Å²) in [7, 11) is 0. The van der Waals surface area contributed by atoms with E-state index in [-0.39, 0.29) is 6.54 Å². The molecular weight excluding hydrogens is 466 g/mol. The highest BCUT2D eigenvalue weighted by Gasteiger charge is 2.21. The van der Waals surface area contributed by atoms with Crippen LogP contribution >= 0.6 is 0 Å². The van der Waals surface area contributed by atoms with Gasteiger partial charge in [0.25, 0.3) is 0 Å². The summed E-state index contributed by atoms with van der Waals surface area (Å²) in [5, 5.41) is 14.9. The lowest BCUT2D eigenvalue weighted by Gasteiger charge is -2.12. The van der Waals surface area contributed by atoms with Gasteiger partial charge in [0, 0.05) is 21.9 Å². The van der Waals surface area contributed by atoms with Crippen LogP contribution in [0.2, 0.25) is 0 Å². The van der Waals surface area contributed by atoms with Gasteiger partial charge in [-0.2, -0.15) is 10.2 Å². The van der Waals surface area contributed by atoms with Crippen molar-refractivity contribution in [3.8, 4) is 22.4 Å². The van der Waals surface area contributed by atoms with Gasteiger partial charge in [0.1, 0.15) is 30.1 Å². The van der Waals surface area contributed by atoms with Crippen molar-refractivity contribution >= 4 is 38.5 Å². The molecule has 7 aromatic rings. The Morgan fingerprint density at radius 1 is 0.919 bits per heavy atom. The lowest BCUT2D eigenvalue weighted by Crippen LogP contribution is -2.10. The van der Waals surface area contributed by atoms with Gasteiger partial charge in [0.15, 0.2) is 5.65 Å². The van der Waals surface area contributed by atoms with Gasteiger partial charge in [-0.1, -0.05) is 60.7 Å². The summed E-state index contributed by atoms with van der Waals surface area (Å²) in [5.74, 6) is 0.797. The Hall–Kier alpha value is -5.31. The third-order valence-electron chi connectivity index (χ3n) is 6.54. The van der Waals surface area contributed by atoms with E-state index in [1.165, 1.54) is 6.33 Å². The minimum atomic E-state index is -0.402. The van der Waals surface area contributed by atoms with E-state index in [1.807, 2.05) is 66.7 Å². The van der Waals surface area contributed by atoms with Gasteiger partial charge in [-0.3, -0.25) is 5.10 Å². The molecule has 4 aromatic heterocycles. The van der Waals surface area contributed by atoms with Crippen LogP contribution in [-0.2, 0) is 6.54 Å². The van der Waals surface area contributed by atoms with Crippen LogP contribution in [0, 0.1) is 0 Å². The summed E-state index contributed by atoms with van der Waals surface area (Å²) in [6, 6.07) is 23.2. The van der Waals surface area contributed by atoms with Gasteiger partial charge in [-0.05, 0) is 17.7 Å². The first-order valence-electron chi connectivity index (χ1n) is 11.7. The van der Waals surface area contributed by atoms with Gasteiger partial charge in [0.2, 0.25) is 0 Å². The van der Waals surface area contributed by atoms with Crippen LogP contribution in [-0.4, -0.2) is 29.9 Å². The quantitative estimate of drug-likeness (QED) is 0.367. The van der Waals surface area contributed by atoms with Gasteiger partial charge >= 0.3 is 5.63 Å². The van der Waals surface area contributed by atoms with E-state index in [0.717, 1.165) is 33.0 Å². The molecule has 0 unspecified atom stereocenters. The van der Waals surface area contributed by atoms with Crippen LogP contribution in [0.5, 0.6) is 0 Å². The number of nitrogen functional groups attached to an aromatic ring is 1. The van der Waals surface area contributed by atoms with E-state index >= 15 is 0 Å². The molecule has 9 nitrogen and oxygen atoms in total. The highest BCUT2D eigenvalue weighted by atomic mass is 16.4. The molecule has 0 fully saturated rings. The Balaban J connectivity index is 1.46. The molecule has 178 valence electrons. The number of H-pyrrole nitrogens is 1. The molecule has 0 aliphatic carbocycles. The minimum absolute atomic E-state index is 0.170. The first-order chi connectivity index (χ1) is 18.2. The molecule has 0 amide bonds. The van der Waals surface area contributed by atoms with Crippen molar-refractivity contribution in [3.63, 3.8) is 0 Å². The van der Waals surface area contributed by atoms with E-state index in [4.69, 9.17) is 15.2 Å². The summed E-state index contributed by atoms with van der Waals surface area (Å²) in [6.45, 7) is 0.170. The van der Waals surface area contributed by atoms with Crippen LogP contribution in [0.3, 0.4) is 0 Å². The van der Waals surface area contributed by atoms with E-state index in [1.54, 1.807) is 16.9 Å². The molecular formula is C28H19N7O2. The molecule has 0 atom stereocenters. The number of nitrogens with one attached hydrogen (secondary N) is 1. The standard InChI is InChI=1S/C28H19N7O2/c29-26-24-25(17-10-11-18-13-32-33-21(18)12-17)34-35(27(24)31-15-30-26)14-22-23(16-6-2-1-3-7-16)19-8-4-5-9-20(19)28(36)37-22/h1-13,15H,14H2,(H,32,33)(H2,29,30,31). The second kappa shape index (κ2) is 8.13. The number of fused-ring (bicyclic) bond motifs is 3. The average Bonchev–Trinajstić information content (AvgIpc) is 3.54. The molecule has 9 heteroatoms. The maximum atomic E-state index is 13.0. The van der Waals surface area contributed by atoms with Gasteiger partial charge in [-0.25, -0.2) is 19.4 Å². The molecule has 4 heterocycles. The smallest absolute Gasteiger partial charge is 0.343 e. The first-order valence-corrected chi connectivity index (χ1v) is 11.7. The number of anilines is 1. The lowest BCUT2D eigenvalue weighted by molar-refractivity contribution is 0.449. The van der Waals surface area contributed by atoms with Crippen LogP contribution in [0.1, 0.15) is 5.76 Å². The number of hydrogen-bond acceptors (Lipinski definition) is 7. The van der Waals surface area contributed by atoms with Crippen molar-refractivity contribution < 1.29 is 4.42 Å². The Kier molecular flexibility index (Phi) is 4.62. The fourth-order valence-corrected chi connectivity index (χ4v) is 4.84. The summed E-state index contributed by atoms with van der Waals surface area (Å²) in [5.41, 5.74) is 10.6. The summed E-state index contributed by atoms with van der Waals surface area (Å²) in [4.78, 5) is 21.7. The summed E-state index contributed by atoms with van der Waals surface area (Å²) < 4.78 is 7.62. The predicted octanol–water partition coefficient (Wildman–Crippen LogP) is 4.77. The van der Waals surface area contributed by atoms with E-state index in [2.05, 4.69) is 20.2 Å². The zero-order valence-electron chi connectivity index (χ0n) is 19.4. The number of nitrogens with two attached hydrogens (primary N) is 1. The summed E-state index contributed by atoms with van der Waals surface area (Å²) in [6.07, 6.45) is 3.17. The predicted molar refractivity (Wildman–Crippen MR) is 142 cm³/mol. The number of nitrogens with zero attached hydrogens (tertiary/aromatic N) is 5. The molecule has 0 radical (unpaired) electrons. The van der Waals surface area contributed by atoms with Crippen molar-refractivity contribution in [2.24, 2.45) is 0 Å². The monoisotopic (exact) mass is 485 g/mol. The molecule has 0 saturated heterocycles. The normalized spacial score (nSPS) is 11.6. The number of hydrogen-bond donors (Lipinski definition) is 2. The average molecular weight is 486 g/mol. The third kappa shape index (κ3) is 3.36. The van der Waals surface area contributed by atoms with Crippen LogP contribution in [0.15, 0.2) is 94.5 Å². The molecule has 0 saturated carbocycles. The van der Waals surface area contributed by atoms with Crippen molar-refractivity contribution in [1.82, 2.24) is 29.9 Å². The van der Waals surface area contributed by atoms with Crippen LogP contribution < -0.4 is 11.4 Å². The van der Waals surface area contributed by atoms with Gasteiger partial charge in [0.05, 0.1) is 22.5 Å². The number of rotatable bonds is 4. The molecule has 7 rings (SSSR count). The minimum Gasteiger partial charge on any atom is -0.425 e. The van der Waals surface area contributed by atoms with Crippen molar-refractivity contribution in [2.45, 2.75) is 6.54 Å². The Bertz CT molecular complexity index is 2000. The maximum Gasteiger partial charge on any atom is 0.343 e. The topological polar surface area (TPSA) is 129 Å². The lowest BCUT2D eigenvalue weighted by atomic mass is 9.98. The number of aromatic amines is 1. The van der Waals surface area contributed by atoms with E-state index in [0.29, 0.717) is 33.7 Å². The van der Waals surface area contributed by atoms with Crippen LogP contribution in [0.4, 0.5) is 5.82 Å². The van der Waals surface area contributed by atoms with E-state index < -0.39 is 5.63 Å². The van der Waals surface area contributed by atoms with Crippen molar-refractivity contribution in [1.29, 1.82) is 0 Å². The fraction of sp³-hybridized carbons (Fsp3) is 0.0357. The molecule has 0 aliphatic heterocycles. The fourth-order valence-electron chi connectivity index (χ4n) is 4.84. The highest BCUT2D eigenvalue weighted by molar-refractivity contribution is 6.00. The largest absolute Gasteiger partial charge is 0.425 e. The SMILES string of the molecule is Nc1ncnc2c1c(-c1ccc3cn[nH]c3c1)nn2Cc1oc(=O)c2ccccc2c1-c1ccccc1. The molecule has 0 aliphatic rings. The Morgan fingerprint density at radius 3 is 2.59 bits per heavy atom. The zero-order chi connectivity index (χ0) is 24.9. The molecule has 3 N–H and O–H groups in total. The second-order valence-electron chi connectivity index (χ2n) is 8.74. The molecule has 3 aromatic carbocycles. The highest BCUT2D eigenvalue weighted by Crippen LogP contribution is 2.34. The molecule has 0 bridgehead atoms. The third-order valence-corrected chi connectivity index (χ3v) is 6.54. The molecule has 37 heavy (non-hydrogen) atoms. The van der Waals surface area contributed by atoms with E-state index in [9.17, 15) is 4.79 Å². The maximum absolute atomic E-state index is 13.0. The summed E-state index contributed by atoms with van der Waals surface area (Å²) >= 11 is 0. The Morgan fingerprint density at radius 2 is 1.73 bits per heavy atom. The number of benzene rings is 3. The van der Waals surface area contributed by atoms with Crippen LogP contribution in [0.25, 0.3) is 55.1 Å².